The Bertz CT molecular complexity index is 438. The van der Waals surface area contributed by atoms with Crippen molar-refractivity contribution in [2.45, 2.75) is 59.0 Å². The van der Waals surface area contributed by atoms with Crippen LogP contribution in [-0.2, 0) is 6.42 Å². The first-order valence-corrected chi connectivity index (χ1v) is 7.62. The molecule has 0 amide bonds. The van der Waals surface area contributed by atoms with Crippen LogP contribution in [0.3, 0.4) is 0 Å². The minimum Gasteiger partial charge on any atom is -0.474 e. The number of hydrogen-bond acceptors (Lipinski definition) is 5. The molecule has 3 N–H and O–H groups in total. The predicted molar refractivity (Wildman–Crippen MR) is 80.4 cm³/mol. The van der Waals surface area contributed by atoms with Crippen LogP contribution in [0.5, 0.6) is 5.88 Å². The lowest BCUT2D eigenvalue weighted by atomic mass is 9.80. The fourth-order valence-electron chi connectivity index (χ4n) is 2.86. The molecule has 0 bridgehead atoms. The van der Waals surface area contributed by atoms with E-state index in [2.05, 4.69) is 36.2 Å². The Hall–Kier alpha value is -1.36. The third-order valence-corrected chi connectivity index (χ3v) is 4.37. The molecule has 0 saturated heterocycles. The maximum atomic E-state index is 6.15. The molecule has 5 nitrogen and oxygen atoms in total. The zero-order valence-corrected chi connectivity index (χ0v) is 12.7. The fourth-order valence-corrected chi connectivity index (χ4v) is 2.86. The van der Waals surface area contributed by atoms with Gasteiger partial charge in [-0.05, 0) is 37.5 Å². The molecule has 3 atom stereocenters. The maximum absolute atomic E-state index is 6.15. The summed E-state index contributed by atoms with van der Waals surface area (Å²) in [4.78, 5) is 8.48. The summed E-state index contributed by atoms with van der Waals surface area (Å²) in [5, 5.41) is 0. The molecule has 1 aromatic heterocycles. The van der Waals surface area contributed by atoms with Gasteiger partial charge in [0.05, 0.1) is 5.56 Å². The summed E-state index contributed by atoms with van der Waals surface area (Å²) in [6.07, 6.45) is 7.08. The molecule has 1 saturated carbocycles. The van der Waals surface area contributed by atoms with Gasteiger partial charge in [-0.1, -0.05) is 27.2 Å². The number of hydrazine groups is 1. The second kappa shape index (κ2) is 6.88. The van der Waals surface area contributed by atoms with E-state index in [0.29, 0.717) is 17.6 Å². The van der Waals surface area contributed by atoms with Crippen LogP contribution in [0.4, 0.5) is 5.82 Å². The number of hydrogen-bond donors (Lipinski definition) is 2. The highest BCUT2D eigenvalue weighted by molar-refractivity contribution is 5.47. The summed E-state index contributed by atoms with van der Waals surface area (Å²) in [7, 11) is 0. The standard InChI is InChI=1S/C15H26N4O/c1-4-5-13-14(19-16)17-9-18-15(13)20-12-7-6-10(2)11(3)8-12/h9-12H,4-8,16H2,1-3H3,(H,17,18,19). The number of nitrogens with one attached hydrogen (secondary N) is 1. The van der Waals surface area contributed by atoms with Crippen molar-refractivity contribution in [3.63, 3.8) is 0 Å². The minimum atomic E-state index is 0.261. The molecule has 1 aliphatic rings. The zero-order valence-electron chi connectivity index (χ0n) is 12.7. The third kappa shape index (κ3) is 3.39. The summed E-state index contributed by atoms with van der Waals surface area (Å²) in [5.41, 5.74) is 3.63. The van der Waals surface area contributed by atoms with Gasteiger partial charge in [0, 0.05) is 0 Å². The fraction of sp³-hybridized carbons (Fsp3) is 0.733. The Morgan fingerprint density at radius 2 is 2.10 bits per heavy atom. The summed E-state index contributed by atoms with van der Waals surface area (Å²) < 4.78 is 6.15. The van der Waals surface area contributed by atoms with Crippen LogP contribution in [0.25, 0.3) is 0 Å². The van der Waals surface area contributed by atoms with Crippen molar-refractivity contribution >= 4 is 5.82 Å². The summed E-state index contributed by atoms with van der Waals surface area (Å²) in [5.74, 6) is 8.39. The number of anilines is 1. The Morgan fingerprint density at radius 1 is 1.30 bits per heavy atom. The van der Waals surface area contributed by atoms with Gasteiger partial charge in [0.15, 0.2) is 0 Å². The molecule has 5 heteroatoms. The molecule has 3 unspecified atom stereocenters. The van der Waals surface area contributed by atoms with E-state index in [1.807, 2.05) is 0 Å². The second-order valence-corrected chi connectivity index (χ2v) is 5.91. The Labute approximate surface area is 121 Å². The molecule has 0 radical (unpaired) electrons. The highest BCUT2D eigenvalue weighted by Crippen LogP contribution is 2.33. The molecular formula is C15H26N4O. The smallest absolute Gasteiger partial charge is 0.222 e. The molecule has 0 spiro atoms. The van der Waals surface area contributed by atoms with Gasteiger partial charge >= 0.3 is 0 Å². The highest BCUT2D eigenvalue weighted by atomic mass is 16.5. The van der Waals surface area contributed by atoms with Crippen LogP contribution in [-0.4, -0.2) is 16.1 Å². The molecule has 0 aromatic carbocycles. The van der Waals surface area contributed by atoms with Gasteiger partial charge < -0.3 is 10.2 Å². The lowest BCUT2D eigenvalue weighted by Crippen LogP contribution is -2.29. The minimum absolute atomic E-state index is 0.261. The quantitative estimate of drug-likeness (QED) is 0.640. The number of rotatable bonds is 5. The Balaban J connectivity index is 2.12. The van der Waals surface area contributed by atoms with E-state index in [-0.39, 0.29) is 6.10 Å². The zero-order chi connectivity index (χ0) is 14.5. The van der Waals surface area contributed by atoms with E-state index in [1.165, 1.54) is 12.7 Å². The summed E-state index contributed by atoms with van der Waals surface area (Å²) in [6.45, 7) is 6.76. The molecular weight excluding hydrogens is 252 g/mol. The first kappa shape index (κ1) is 15.0. The van der Waals surface area contributed by atoms with Crippen LogP contribution < -0.4 is 16.0 Å². The summed E-state index contributed by atoms with van der Waals surface area (Å²) >= 11 is 0. The number of nitrogen functional groups attached to an aromatic ring is 1. The first-order chi connectivity index (χ1) is 9.65. The average molecular weight is 278 g/mol. The number of ether oxygens (including phenoxy) is 1. The molecule has 1 heterocycles. The van der Waals surface area contributed by atoms with Crippen LogP contribution in [0, 0.1) is 11.8 Å². The van der Waals surface area contributed by atoms with Gasteiger partial charge in [-0.25, -0.2) is 15.8 Å². The largest absolute Gasteiger partial charge is 0.474 e. The maximum Gasteiger partial charge on any atom is 0.222 e. The van der Waals surface area contributed by atoms with Crippen LogP contribution in [0.15, 0.2) is 6.33 Å². The molecule has 2 rings (SSSR count). The molecule has 1 aliphatic carbocycles. The van der Waals surface area contributed by atoms with Crippen LogP contribution in [0.1, 0.15) is 52.0 Å². The first-order valence-electron chi connectivity index (χ1n) is 7.62. The SMILES string of the molecule is CCCc1c(NN)ncnc1OC1CCC(C)C(C)C1. The lowest BCUT2D eigenvalue weighted by Gasteiger charge is -2.32. The molecule has 112 valence electrons. The normalized spacial score (nSPS) is 26.3. The van der Waals surface area contributed by atoms with E-state index in [1.54, 1.807) is 0 Å². The van der Waals surface area contributed by atoms with Crippen molar-refractivity contribution < 1.29 is 4.74 Å². The lowest BCUT2D eigenvalue weighted by molar-refractivity contribution is 0.0954. The van der Waals surface area contributed by atoms with Crippen LogP contribution in [0.2, 0.25) is 0 Å². The monoisotopic (exact) mass is 278 g/mol. The third-order valence-electron chi connectivity index (χ3n) is 4.37. The van der Waals surface area contributed by atoms with E-state index in [0.717, 1.165) is 37.2 Å². The second-order valence-electron chi connectivity index (χ2n) is 5.91. The Morgan fingerprint density at radius 3 is 2.75 bits per heavy atom. The number of nitrogens with zero attached hydrogens (tertiary/aromatic N) is 2. The van der Waals surface area contributed by atoms with E-state index in [4.69, 9.17) is 10.6 Å². The van der Waals surface area contributed by atoms with Gasteiger partial charge in [-0.2, -0.15) is 0 Å². The molecule has 1 fully saturated rings. The van der Waals surface area contributed by atoms with Crippen LogP contribution >= 0.6 is 0 Å². The predicted octanol–water partition coefficient (Wildman–Crippen LogP) is 2.92. The van der Waals surface area contributed by atoms with Crippen molar-refractivity contribution in [1.29, 1.82) is 0 Å². The van der Waals surface area contributed by atoms with Gasteiger partial charge in [-0.15, -0.1) is 0 Å². The van der Waals surface area contributed by atoms with Crippen molar-refractivity contribution in [2.24, 2.45) is 17.7 Å². The van der Waals surface area contributed by atoms with Crippen molar-refractivity contribution in [3.8, 4) is 5.88 Å². The number of aromatic nitrogens is 2. The van der Waals surface area contributed by atoms with Crippen molar-refractivity contribution in [1.82, 2.24) is 9.97 Å². The van der Waals surface area contributed by atoms with Gasteiger partial charge in [0.2, 0.25) is 5.88 Å². The van der Waals surface area contributed by atoms with Gasteiger partial charge in [-0.3, -0.25) is 0 Å². The highest BCUT2D eigenvalue weighted by Gasteiger charge is 2.27. The van der Waals surface area contributed by atoms with Crippen molar-refractivity contribution in [2.75, 3.05) is 5.43 Å². The Kier molecular flexibility index (Phi) is 5.17. The van der Waals surface area contributed by atoms with Gasteiger partial charge in [0.25, 0.3) is 0 Å². The van der Waals surface area contributed by atoms with E-state index < -0.39 is 0 Å². The van der Waals surface area contributed by atoms with Crippen molar-refractivity contribution in [3.05, 3.63) is 11.9 Å². The molecule has 0 aliphatic heterocycles. The topological polar surface area (TPSA) is 73.1 Å². The molecule has 20 heavy (non-hydrogen) atoms. The number of nitrogens with two attached hydrogens (primary N) is 1. The average Bonchev–Trinajstić information content (AvgIpc) is 2.45. The van der Waals surface area contributed by atoms with E-state index in [9.17, 15) is 0 Å². The van der Waals surface area contributed by atoms with E-state index >= 15 is 0 Å². The van der Waals surface area contributed by atoms with Gasteiger partial charge in [0.1, 0.15) is 18.2 Å². The summed E-state index contributed by atoms with van der Waals surface area (Å²) in [6, 6.07) is 0. The molecule has 1 aromatic rings.